The van der Waals surface area contributed by atoms with Gasteiger partial charge in [0, 0.05) is 4.47 Å². The lowest BCUT2D eigenvalue weighted by atomic mass is 10.0. The molecule has 0 saturated carbocycles. The first kappa shape index (κ1) is 31.2. The van der Waals surface area contributed by atoms with Crippen LogP contribution in [0, 0.1) is 5.92 Å². The number of hydrogen-bond donors (Lipinski definition) is 1. The number of nitrogens with zero attached hydrogens (tertiary/aromatic N) is 2. The van der Waals surface area contributed by atoms with E-state index in [1.54, 1.807) is 45.7 Å². The van der Waals surface area contributed by atoms with Crippen LogP contribution < -0.4 is 14.8 Å². The van der Waals surface area contributed by atoms with Crippen LogP contribution >= 0.6 is 15.9 Å². The lowest BCUT2D eigenvalue weighted by molar-refractivity contribution is -0.157. The average Bonchev–Trinajstić information content (AvgIpc) is 3.31. The normalized spacial score (nSPS) is 12.4. The summed E-state index contributed by atoms with van der Waals surface area (Å²) in [6.45, 7) is 13.6. The Morgan fingerprint density at radius 1 is 1.00 bits per heavy atom. The number of carbonyl (C=O) groups is 2. The zero-order chi connectivity index (χ0) is 29.8. The summed E-state index contributed by atoms with van der Waals surface area (Å²) in [4.78, 5) is 26.6. The molecule has 0 bridgehead atoms. The van der Waals surface area contributed by atoms with Crippen LogP contribution in [0.2, 0.25) is 0 Å². The van der Waals surface area contributed by atoms with E-state index >= 15 is 0 Å². The highest BCUT2D eigenvalue weighted by Gasteiger charge is 2.30. The lowest BCUT2D eigenvalue weighted by Gasteiger charge is -2.25. The quantitative estimate of drug-likeness (QED) is 0.249. The van der Waals surface area contributed by atoms with Crippen LogP contribution in [0.25, 0.3) is 16.9 Å². The molecule has 8 nitrogen and oxygen atoms in total. The number of amides is 1. The van der Waals surface area contributed by atoms with E-state index in [0.717, 1.165) is 15.7 Å². The minimum absolute atomic E-state index is 0.151. The summed E-state index contributed by atoms with van der Waals surface area (Å²) in [5.41, 5.74) is 2.58. The topological polar surface area (TPSA) is 91.7 Å². The van der Waals surface area contributed by atoms with E-state index in [-0.39, 0.29) is 17.5 Å². The highest BCUT2D eigenvalue weighted by Crippen LogP contribution is 2.40. The van der Waals surface area contributed by atoms with Crippen molar-refractivity contribution in [2.75, 3.05) is 14.2 Å². The molecule has 3 rings (SSSR count). The van der Waals surface area contributed by atoms with Crippen molar-refractivity contribution in [3.05, 3.63) is 58.2 Å². The maximum Gasteiger partial charge on any atom is 0.329 e. The summed E-state index contributed by atoms with van der Waals surface area (Å²) >= 11 is 3.58. The Morgan fingerprint density at radius 3 is 2.15 bits per heavy atom. The van der Waals surface area contributed by atoms with Gasteiger partial charge in [-0.05, 0) is 81.0 Å². The minimum atomic E-state index is -0.819. The first-order valence-electron chi connectivity index (χ1n) is 13.4. The summed E-state index contributed by atoms with van der Waals surface area (Å²) in [5, 5.41) is 7.65. The number of carbonyl (C=O) groups excluding carboxylic acids is 2. The second kappa shape index (κ2) is 12.9. The number of esters is 1. The standard InChI is InChI=1S/C31H40BrN3O5/c1-18(2)15-23(30(37)40-31(5,6)7)33-29(36)22-17-25(28-26(38-8)11-10-12-27(28)39-9)35(34-22)24-14-13-20(32)16-21(24)19(3)4/h10-14,16-19,23H,15H2,1-9H3,(H,33,36)/t23-/m0/s1. The summed E-state index contributed by atoms with van der Waals surface area (Å²) in [7, 11) is 3.17. The van der Waals surface area contributed by atoms with Gasteiger partial charge in [-0.2, -0.15) is 5.10 Å². The number of halogens is 1. The van der Waals surface area contributed by atoms with Crippen molar-refractivity contribution < 1.29 is 23.8 Å². The molecule has 0 saturated heterocycles. The third-order valence-electron chi connectivity index (χ3n) is 6.17. The Balaban J connectivity index is 2.19. The van der Waals surface area contributed by atoms with Gasteiger partial charge in [-0.15, -0.1) is 0 Å². The van der Waals surface area contributed by atoms with Crippen LogP contribution in [-0.4, -0.2) is 47.5 Å². The molecule has 0 radical (unpaired) electrons. The fourth-order valence-electron chi connectivity index (χ4n) is 4.43. The summed E-state index contributed by atoms with van der Waals surface area (Å²) in [5.74, 6) is 0.512. The molecule has 1 aromatic heterocycles. The maximum absolute atomic E-state index is 13.7. The molecule has 0 aliphatic carbocycles. The monoisotopic (exact) mass is 613 g/mol. The van der Waals surface area contributed by atoms with Crippen molar-refractivity contribution in [1.29, 1.82) is 0 Å². The van der Waals surface area contributed by atoms with Gasteiger partial charge in [-0.3, -0.25) is 4.79 Å². The molecule has 1 heterocycles. The van der Waals surface area contributed by atoms with Crippen molar-refractivity contribution in [3.8, 4) is 28.4 Å². The Morgan fingerprint density at radius 2 is 1.62 bits per heavy atom. The van der Waals surface area contributed by atoms with E-state index in [0.29, 0.717) is 29.2 Å². The zero-order valence-electron chi connectivity index (χ0n) is 24.8. The lowest BCUT2D eigenvalue weighted by Crippen LogP contribution is -2.45. The van der Waals surface area contributed by atoms with Crippen LogP contribution in [0.5, 0.6) is 11.5 Å². The number of benzene rings is 2. The van der Waals surface area contributed by atoms with Gasteiger partial charge in [-0.25, -0.2) is 9.48 Å². The molecule has 0 fully saturated rings. The van der Waals surface area contributed by atoms with Crippen LogP contribution in [0.1, 0.15) is 76.9 Å². The molecule has 2 aromatic carbocycles. The largest absolute Gasteiger partial charge is 0.496 e. The Hall–Kier alpha value is -3.33. The fraction of sp³-hybridized carbons (Fsp3) is 0.452. The zero-order valence-corrected chi connectivity index (χ0v) is 26.4. The number of methoxy groups -OCH3 is 2. The second-order valence-corrected chi connectivity index (χ2v) is 12.3. The molecule has 216 valence electrons. The summed E-state index contributed by atoms with van der Waals surface area (Å²) < 4.78 is 19.7. The third-order valence-corrected chi connectivity index (χ3v) is 6.66. The molecular formula is C31H40BrN3O5. The average molecular weight is 615 g/mol. The van der Waals surface area contributed by atoms with Crippen LogP contribution in [-0.2, 0) is 9.53 Å². The Labute approximate surface area is 245 Å². The first-order chi connectivity index (χ1) is 18.7. The fourth-order valence-corrected chi connectivity index (χ4v) is 4.81. The van der Waals surface area contributed by atoms with Crippen LogP contribution in [0.15, 0.2) is 46.9 Å². The third kappa shape index (κ3) is 7.44. The van der Waals surface area contributed by atoms with Crippen molar-refractivity contribution in [2.45, 2.75) is 72.4 Å². The molecule has 1 N–H and O–H groups in total. The molecule has 0 aliphatic heterocycles. The van der Waals surface area contributed by atoms with Crippen molar-refractivity contribution in [3.63, 3.8) is 0 Å². The molecular weight excluding hydrogens is 574 g/mol. The molecule has 40 heavy (non-hydrogen) atoms. The molecule has 9 heteroatoms. The van der Waals surface area contributed by atoms with Crippen molar-refractivity contribution >= 4 is 27.8 Å². The van der Waals surface area contributed by atoms with E-state index in [9.17, 15) is 9.59 Å². The summed E-state index contributed by atoms with van der Waals surface area (Å²) in [6.07, 6.45) is 0.429. The van der Waals surface area contributed by atoms with Gasteiger partial charge in [0.2, 0.25) is 0 Å². The number of ether oxygens (including phenoxy) is 3. The first-order valence-corrected chi connectivity index (χ1v) is 14.2. The Kier molecular flexibility index (Phi) is 10.1. The van der Waals surface area contributed by atoms with Gasteiger partial charge in [0.05, 0.1) is 31.2 Å². The maximum atomic E-state index is 13.7. The number of nitrogens with one attached hydrogen (secondary N) is 1. The van der Waals surface area contributed by atoms with Gasteiger partial charge < -0.3 is 19.5 Å². The predicted molar refractivity (Wildman–Crippen MR) is 160 cm³/mol. The van der Waals surface area contributed by atoms with Crippen LogP contribution in [0.4, 0.5) is 0 Å². The van der Waals surface area contributed by atoms with E-state index in [1.165, 1.54) is 0 Å². The van der Waals surface area contributed by atoms with Gasteiger partial charge in [0.25, 0.3) is 5.91 Å². The van der Waals surface area contributed by atoms with E-state index in [1.807, 2.05) is 50.2 Å². The van der Waals surface area contributed by atoms with E-state index < -0.39 is 23.5 Å². The van der Waals surface area contributed by atoms with E-state index in [4.69, 9.17) is 19.3 Å². The number of aromatic nitrogens is 2. The van der Waals surface area contributed by atoms with Gasteiger partial charge in [-0.1, -0.05) is 49.7 Å². The number of hydrogen-bond acceptors (Lipinski definition) is 6. The van der Waals surface area contributed by atoms with Crippen molar-refractivity contribution in [1.82, 2.24) is 15.1 Å². The number of rotatable bonds is 10. The highest BCUT2D eigenvalue weighted by atomic mass is 79.9. The van der Waals surface area contributed by atoms with Crippen LogP contribution in [0.3, 0.4) is 0 Å². The SMILES string of the molecule is COc1cccc(OC)c1-c1cc(C(=O)N[C@@H](CC(C)C)C(=O)OC(C)(C)C)nn1-c1ccc(Br)cc1C(C)C. The molecule has 1 atom stereocenters. The van der Waals surface area contributed by atoms with Gasteiger partial charge in [0.15, 0.2) is 5.69 Å². The van der Waals surface area contributed by atoms with Crippen molar-refractivity contribution in [2.24, 2.45) is 5.92 Å². The van der Waals surface area contributed by atoms with E-state index in [2.05, 4.69) is 35.1 Å². The molecule has 0 spiro atoms. The molecule has 1 amide bonds. The second-order valence-electron chi connectivity index (χ2n) is 11.4. The predicted octanol–water partition coefficient (Wildman–Crippen LogP) is 6.93. The molecule has 0 unspecified atom stereocenters. The summed E-state index contributed by atoms with van der Waals surface area (Å²) in [6, 6.07) is 12.3. The smallest absolute Gasteiger partial charge is 0.329 e. The van der Waals surface area contributed by atoms with Gasteiger partial charge >= 0.3 is 5.97 Å². The highest BCUT2D eigenvalue weighted by molar-refractivity contribution is 9.10. The van der Waals surface area contributed by atoms with Gasteiger partial charge in [0.1, 0.15) is 23.1 Å². The minimum Gasteiger partial charge on any atom is -0.496 e. The Bertz CT molecular complexity index is 1340. The molecule has 3 aromatic rings. The molecule has 0 aliphatic rings.